The summed E-state index contributed by atoms with van der Waals surface area (Å²) < 4.78 is 0.888. The number of hydrogen-bond acceptors (Lipinski definition) is 2. The third kappa shape index (κ3) is 1.78. The van der Waals surface area contributed by atoms with Crippen molar-refractivity contribution in [1.82, 2.24) is 4.90 Å². The van der Waals surface area contributed by atoms with Gasteiger partial charge in [-0.05, 0) is 18.6 Å². The fourth-order valence-corrected chi connectivity index (χ4v) is 2.45. The number of imide groups is 1. The van der Waals surface area contributed by atoms with Crippen LogP contribution in [0.15, 0.2) is 22.7 Å². The predicted octanol–water partition coefficient (Wildman–Crippen LogP) is 2.23. The van der Waals surface area contributed by atoms with Crippen molar-refractivity contribution in [3.05, 3.63) is 33.8 Å². The summed E-state index contributed by atoms with van der Waals surface area (Å²) in [7, 11) is 1.54. The molecule has 2 rings (SSSR count). The molecule has 1 aliphatic rings. The lowest BCUT2D eigenvalue weighted by Gasteiger charge is -2.11. The zero-order chi connectivity index (χ0) is 11.9. The van der Waals surface area contributed by atoms with Gasteiger partial charge >= 0.3 is 0 Å². The van der Waals surface area contributed by atoms with E-state index in [0.717, 1.165) is 15.6 Å². The van der Waals surface area contributed by atoms with E-state index < -0.39 is 0 Å². The Morgan fingerprint density at radius 3 is 2.62 bits per heavy atom. The van der Waals surface area contributed by atoms with Crippen molar-refractivity contribution in [2.75, 3.05) is 7.05 Å². The van der Waals surface area contributed by atoms with Crippen LogP contribution < -0.4 is 0 Å². The first-order chi connectivity index (χ1) is 7.50. The number of rotatable bonds is 1. The van der Waals surface area contributed by atoms with Crippen LogP contribution in [-0.4, -0.2) is 23.8 Å². The third-order valence-corrected chi connectivity index (χ3v) is 3.63. The van der Waals surface area contributed by atoms with E-state index in [1.165, 1.54) is 11.9 Å². The molecule has 0 spiro atoms. The van der Waals surface area contributed by atoms with Gasteiger partial charge in [-0.1, -0.05) is 33.6 Å². The highest BCUT2D eigenvalue weighted by Crippen LogP contribution is 2.33. The largest absolute Gasteiger partial charge is 0.285 e. The van der Waals surface area contributed by atoms with E-state index in [2.05, 4.69) is 15.9 Å². The Labute approximate surface area is 103 Å². The molecule has 1 aliphatic heterocycles. The summed E-state index contributed by atoms with van der Waals surface area (Å²) in [5.41, 5.74) is 2.00. The number of likely N-dealkylation sites (tertiary alicyclic amines) is 1. The molecule has 1 saturated heterocycles. The summed E-state index contributed by atoms with van der Waals surface area (Å²) in [5.74, 6) is -0.550. The van der Waals surface area contributed by atoms with Crippen LogP contribution in [0, 0.1) is 6.92 Å². The molecule has 0 aliphatic carbocycles. The number of aryl methyl sites for hydroxylation is 1. The lowest BCUT2D eigenvalue weighted by atomic mass is 9.96. The number of halogens is 1. The summed E-state index contributed by atoms with van der Waals surface area (Å²) in [6.45, 7) is 1.97. The lowest BCUT2D eigenvalue weighted by Crippen LogP contribution is -2.25. The summed E-state index contributed by atoms with van der Waals surface area (Å²) >= 11 is 3.43. The molecule has 1 aromatic carbocycles. The van der Waals surface area contributed by atoms with Gasteiger partial charge in [0.25, 0.3) is 0 Å². The predicted molar refractivity (Wildman–Crippen MR) is 64.0 cm³/mol. The third-order valence-electron chi connectivity index (χ3n) is 2.91. The van der Waals surface area contributed by atoms with Gasteiger partial charge in [0.15, 0.2) is 0 Å². The van der Waals surface area contributed by atoms with E-state index in [9.17, 15) is 9.59 Å². The molecule has 0 saturated carbocycles. The van der Waals surface area contributed by atoms with E-state index in [1.54, 1.807) is 0 Å². The average molecular weight is 282 g/mol. The molecule has 0 radical (unpaired) electrons. The summed E-state index contributed by atoms with van der Waals surface area (Å²) in [5, 5.41) is 0. The topological polar surface area (TPSA) is 37.4 Å². The van der Waals surface area contributed by atoms with Crippen LogP contribution >= 0.6 is 15.9 Å². The quantitative estimate of drug-likeness (QED) is 0.741. The molecule has 16 heavy (non-hydrogen) atoms. The summed E-state index contributed by atoms with van der Waals surface area (Å²) in [4.78, 5) is 24.5. The van der Waals surface area contributed by atoms with Crippen LogP contribution in [0.3, 0.4) is 0 Å². The Morgan fingerprint density at radius 2 is 2.06 bits per heavy atom. The molecule has 1 aromatic rings. The van der Waals surface area contributed by atoms with E-state index in [-0.39, 0.29) is 24.2 Å². The molecule has 0 aromatic heterocycles. The maximum absolute atomic E-state index is 11.9. The van der Waals surface area contributed by atoms with Crippen molar-refractivity contribution in [3.63, 3.8) is 0 Å². The minimum Gasteiger partial charge on any atom is -0.285 e. The van der Waals surface area contributed by atoms with Crippen LogP contribution in [0.2, 0.25) is 0 Å². The molecular weight excluding hydrogens is 270 g/mol. The highest BCUT2D eigenvalue weighted by Gasteiger charge is 2.37. The first-order valence-electron chi connectivity index (χ1n) is 5.07. The first kappa shape index (κ1) is 11.3. The van der Waals surface area contributed by atoms with Gasteiger partial charge in [0, 0.05) is 17.9 Å². The van der Waals surface area contributed by atoms with E-state index in [1.807, 2.05) is 25.1 Å². The first-order valence-corrected chi connectivity index (χ1v) is 5.86. The number of hydrogen-bond donors (Lipinski definition) is 0. The molecule has 1 fully saturated rings. The molecule has 1 unspecified atom stereocenters. The molecule has 84 valence electrons. The lowest BCUT2D eigenvalue weighted by molar-refractivity contribution is -0.137. The number of carbonyl (C=O) groups excluding carboxylic acids is 2. The Morgan fingerprint density at radius 1 is 1.38 bits per heavy atom. The van der Waals surface area contributed by atoms with Gasteiger partial charge in [-0.25, -0.2) is 0 Å². The van der Waals surface area contributed by atoms with Gasteiger partial charge in [-0.15, -0.1) is 0 Å². The number of amides is 2. The normalized spacial score (nSPS) is 20.7. The van der Waals surface area contributed by atoms with E-state index >= 15 is 0 Å². The zero-order valence-electron chi connectivity index (χ0n) is 9.16. The van der Waals surface area contributed by atoms with Crippen molar-refractivity contribution in [3.8, 4) is 0 Å². The van der Waals surface area contributed by atoms with Crippen molar-refractivity contribution < 1.29 is 9.59 Å². The Bertz CT molecular complexity index is 470. The Balaban J connectivity index is 2.42. The second-order valence-electron chi connectivity index (χ2n) is 4.07. The number of likely N-dealkylation sites (N-methyl/N-ethyl adjacent to an activating group) is 1. The molecule has 0 bridgehead atoms. The van der Waals surface area contributed by atoms with Crippen LogP contribution in [0.1, 0.15) is 23.5 Å². The summed E-state index contributed by atoms with van der Waals surface area (Å²) in [6, 6.07) is 5.85. The standard InChI is InChI=1S/C12H12BrNO2/c1-7-3-4-10(13)8(5-7)9-6-11(15)14(2)12(9)16/h3-5,9H,6H2,1-2H3. The van der Waals surface area contributed by atoms with Gasteiger partial charge in [0.1, 0.15) is 0 Å². The maximum Gasteiger partial charge on any atom is 0.237 e. The van der Waals surface area contributed by atoms with Crippen molar-refractivity contribution in [1.29, 1.82) is 0 Å². The van der Waals surface area contributed by atoms with Gasteiger partial charge in [-0.3, -0.25) is 14.5 Å². The van der Waals surface area contributed by atoms with Crippen molar-refractivity contribution in [2.45, 2.75) is 19.3 Å². The highest BCUT2D eigenvalue weighted by atomic mass is 79.9. The maximum atomic E-state index is 11.9. The van der Waals surface area contributed by atoms with Crippen molar-refractivity contribution in [2.24, 2.45) is 0 Å². The van der Waals surface area contributed by atoms with Crippen LogP contribution in [-0.2, 0) is 9.59 Å². The van der Waals surface area contributed by atoms with Crippen molar-refractivity contribution >= 4 is 27.7 Å². The molecule has 2 amide bonds. The monoisotopic (exact) mass is 281 g/mol. The van der Waals surface area contributed by atoms with E-state index in [0.29, 0.717) is 0 Å². The number of benzene rings is 1. The minimum absolute atomic E-state index is 0.108. The van der Waals surface area contributed by atoms with Gasteiger partial charge in [0.2, 0.25) is 11.8 Å². The fraction of sp³-hybridized carbons (Fsp3) is 0.333. The molecule has 1 heterocycles. The second kappa shape index (κ2) is 4.01. The smallest absolute Gasteiger partial charge is 0.237 e. The molecule has 1 atom stereocenters. The second-order valence-corrected chi connectivity index (χ2v) is 4.93. The average Bonchev–Trinajstić information content (AvgIpc) is 2.50. The Kier molecular flexibility index (Phi) is 2.84. The van der Waals surface area contributed by atoms with Crippen LogP contribution in [0.25, 0.3) is 0 Å². The molecule has 3 nitrogen and oxygen atoms in total. The van der Waals surface area contributed by atoms with Crippen LogP contribution in [0.4, 0.5) is 0 Å². The fourth-order valence-electron chi connectivity index (χ4n) is 1.93. The number of nitrogens with zero attached hydrogens (tertiary/aromatic N) is 1. The van der Waals surface area contributed by atoms with E-state index in [4.69, 9.17) is 0 Å². The van der Waals surface area contributed by atoms with Gasteiger partial charge < -0.3 is 0 Å². The highest BCUT2D eigenvalue weighted by molar-refractivity contribution is 9.10. The molecular formula is C12H12BrNO2. The molecule has 0 N–H and O–H groups in total. The number of carbonyl (C=O) groups is 2. The summed E-state index contributed by atoms with van der Waals surface area (Å²) in [6.07, 6.45) is 0.275. The SMILES string of the molecule is Cc1ccc(Br)c(C2CC(=O)N(C)C2=O)c1. The van der Waals surface area contributed by atoms with Gasteiger partial charge in [-0.2, -0.15) is 0 Å². The van der Waals surface area contributed by atoms with Crippen LogP contribution in [0.5, 0.6) is 0 Å². The zero-order valence-corrected chi connectivity index (χ0v) is 10.7. The minimum atomic E-state index is -0.327. The molecule has 4 heteroatoms. The Hall–Kier alpha value is -1.16. The van der Waals surface area contributed by atoms with Gasteiger partial charge in [0.05, 0.1) is 5.92 Å².